The van der Waals surface area contributed by atoms with E-state index in [1.807, 2.05) is 18.2 Å². The molecule has 0 saturated carbocycles. The van der Waals surface area contributed by atoms with Gasteiger partial charge in [-0.25, -0.2) is 0 Å². The molecule has 20 heavy (non-hydrogen) atoms. The summed E-state index contributed by atoms with van der Waals surface area (Å²) in [5.41, 5.74) is 1.47. The number of carbonyl (C=O) groups is 1. The van der Waals surface area contributed by atoms with Crippen molar-refractivity contribution in [2.24, 2.45) is 0 Å². The number of nitrogens with zero attached hydrogens (tertiary/aromatic N) is 2. The first-order chi connectivity index (χ1) is 9.63. The van der Waals surface area contributed by atoms with Crippen molar-refractivity contribution in [3.63, 3.8) is 0 Å². The molecule has 2 aromatic rings. The zero-order chi connectivity index (χ0) is 14.1. The highest BCUT2D eigenvalue weighted by molar-refractivity contribution is 9.10. The molecule has 0 N–H and O–H groups in total. The predicted octanol–water partition coefficient (Wildman–Crippen LogP) is 3.42. The van der Waals surface area contributed by atoms with Crippen molar-refractivity contribution in [3.05, 3.63) is 51.7 Å². The summed E-state index contributed by atoms with van der Waals surface area (Å²) in [6.45, 7) is 0.404. The lowest BCUT2D eigenvalue weighted by atomic mass is 10.2. The van der Waals surface area contributed by atoms with Crippen LogP contribution in [0.4, 0.5) is 5.69 Å². The number of ether oxygens (including phenoxy) is 1. The second-order valence-electron chi connectivity index (χ2n) is 4.35. The van der Waals surface area contributed by atoms with E-state index >= 15 is 0 Å². The number of halogens is 2. The molecule has 0 spiro atoms. The average molecular weight is 354 g/mol. The third-order valence-electron chi connectivity index (χ3n) is 2.96. The Balaban J connectivity index is 1.97. The summed E-state index contributed by atoms with van der Waals surface area (Å²) in [4.78, 5) is 18.0. The summed E-state index contributed by atoms with van der Waals surface area (Å²) in [7, 11) is 0. The number of carbonyl (C=O) groups excluding carboxylic acids is 1. The minimum atomic E-state index is -0.0997. The topological polar surface area (TPSA) is 42.4 Å². The molecule has 0 fully saturated rings. The molecular weight excluding hydrogens is 344 g/mol. The van der Waals surface area contributed by atoms with Crippen LogP contribution >= 0.6 is 27.5 Å². The van der Waals surface area contributed by atoms with Gasteiger partial charge >= 0.3 is 0 Å². The Morgan fingerprint density at radius 3 is 3.00 bits per heavy atom. The molecule has 0 radical (unpaired) electrons. The first-order valence-corrected chi connectivity index (χ1v) is 7.14. The number of fused-ring (bicyclic) bond motifs is 1. The third kappa shape index (κ3) is 2.64. The maximum Gasteiger partial charge on any atom is 0.265 e. The van der Waals surface area contributed by atoms with Crippen molar-refractivity contribution in [2.75, 3.05) is 11.5 Å². The molecule has 0 aliphatic carbocycles. The van der Waals surface area contributed by atoms with E-state index in [2.05, 4.69) is 20.9 Å². The Bertz CT molecular complexity index is 678. The third-order valence-corrected chi connectivity index (χ3v) is 3.69. The quantitative estimate of drug-likeness (QED) is 0.831. The number of anilines is 1. The highest BCUT2D eigenvalue weighted by atomic mass is 79.9. The number of hydrogen-bond acceptors (Lipinski definition) is 3. The normalized spacial score (nSPS) is 13.9. The van der Waals surface area contributed by atoms with Crippen LogP contribution in [0, 0.1) is 0 Å². The molecule has 1 amide bonds. The fourth-order valence-electron chi connectivity index (χ4n) is 2.05. The number of amides is 1. The Morgan fingerprint density at radius 1 is 1.35 bits per heavy atom. The van der Waals surface area contributed by atoms with Gasteiger partial charge < -0.3 is 4.74 Å². The van der Waals surface area contributed by atoms with Crippen molar-refractivity contribution in [3.8, 4) is 5.75 Å². The highest BCUT2D eigenvalue weighted by Gasteiger charge is 2.26. The van der Waals surface area contributed by atoms with Gasteiger partial charge in [0.1, 0.15) is 5.75 Å². The maximum absolute atomic E-state index is 12.1. The van der Waals surface area contributed by atoms with Gasteiger partial charge in [-0.2, -0.15) is 0 Å². The lowest BCUT2D eigenvalue weighted by Gasteiger charge is -2.29. The van der Waals surface area contributed by atoms with Crippen LogP contribution in [0.3, 0.4) is 0 Å². The second kappa shape index (κ2) is 5.42. The van der Waals surface area contributed by atoms with Gasteiger partial charge in [-0.3, -0.25) is 14.7 Å². The summed E-state index contributed by atoms with van der Waals surface area (Å²) < 4.78 is 6.31. The number of pyridine rings is 1. The number of benzene rings is 1. The van der Waals surface area contributed by atoms with Gasteiger partial charge in [-0.15, -0.1) is 0 Å². The minimum absolute atomic E-state index is 0.0369. The van der Waals surface area contributed by atoms with Crippen molar-refractivity contribution in [1.82, 2.24) is 4.98 Å². The summed E-state index contributed by atoms with van der Waals surface area (Å²) in [6, 6.07) is 9.03. The van der Waals surface area contributed by atoms with Crippen molar-refractivity contribution >= 4 is 39.1 Å². The fraction of sp³-hybridized carbons (Fsp3) is 0.143. The first-order valence-electron chi connectivity index (χ1n) is 5.96. The standard InChI is InChI=1S/C14H10BrClN2O2/c15-9-1-2-13-12(5-9)18(14(19)8-20-13)7-11-6-10(16)3-4-17-11/h1-6H,7-8H2. The van der Waals surface area contributed by atoms with E-state index in [4.69, 9.17) is 16.3 Å². The number of hydrogen-bond donors (Lipinski definition) is 0. The molecule has 0 saturated heterocycles. The highest BCUT2D eigenvalue weighted by Crippen LogP contribution is 2.35. The van der Waals surface area contributed by atoms with Gasteiger partial charge in [0, 0.05) is 15.7 Å². The van der Waals surface area contributed by atoms with Crippen molar-refractivity contribution < 1.29 is 9.53 Å². The van der Waals surface area contributed by atoms with Gasteiger partial charge in [-0.05, 0) is 30.3 Å². The molecule has 0 atom stereocenters. The van der Waals surface area contributed by atoms with Crippen LogP contribution in [0.15, 0.2) is 41.0 Å². The molecule has 0 bridgehead atoms. The Hall–Kier alpha value is -1.59. The van der Waals surface area contributed by atoms with Gasteiger partial charge in [-0.1, -0.05) is 27.5 Å². The van der Waals surface area contributed by atoms with Crippen LogP contribution < -0.4 is 9.64 Å². The smallest absolute Gasteiger partial charge is 0.265 e. The fourth-order valence-corrected chi connectivity index (χ4v) is 2.58. The van der Waals surface area contributed by atoms with Crippen LogP contribution in [0.1, 0.15) is 5.69 Å². The van der Waals surface area contributed by atoms with Gasteiger partial charge in [0.2, 0.25) is 0 Å². The van der Waals surface area contributed by atoms with E-state index in [0.717, 1.165) is 15.9 Å². The van der Waals surface area contributed by atoms with Gasteiger partial charge in [0.05, 0.1) is 17.9 Å². The molecule has 6 heteroatoms. The summed E-state index contributed by atoms with van der Waals surface area (Å²) in [5.74, 6) is 0.590. The van der Waals surface area contributed by atoms with Crippen LogP contribution in [0.25, 0.3) is 0 Å². The molecule has 102 valence electrons. The Labute approximate surface area is 129 Å². The van der Waals surface area contributed by atoms with Crippen LogP contribution in [-0.2, 0) is 11.3 Å². The van der Waals surface area contributed by atoms with E-state index in [-0.39, 0.29) is 12.5 Å². The minimum Gasteiger partial charge on any atom is -0.482 e. The first kappa shape index (κ1) is 13.4. The summed E-state index contributed by atoms with van der Waals surface area (Å²) >= 11 is 9.35. The van der Waals surface area contributed by atoms with Crippen molar-refractivity contribution in [2.45, 2.75) is 6.54 Å². The van der Waals surface area contributed by atoms with Gasteiger partial charge in [0.25, 0.3) is 5.91 Å². The molecule has 1 aliphatic heterocycles. The van der Waals surface area contributed by atoms with E-state index in [1.54, 1.807) is 23.2 Å². The van der Waals surface area contributed by atoms with Crippen LogP contribution in [-0.4, -0.2) is 17.5 Å². The molecular formula is C14H10BrClN2O2. The molecule has 1 aromatic heterocycles. The zero-order valence-electron chi connectivity index (χ0n) is 10.3. The SMILES string of the molecule is O=C1COc2ccc(Br)cc2N1Cc1cc(Cl)ccn1. The molecule has 0 unspecified atom stereocenters. The van der Waals surface area contributed by atoms with Crippen LogP contribution in [0.2, 0.25) is 5.02 Å². The largest absolute Gasteiger partial charge is 0.482 e. The summed E-state index contributed by atoms with van der Waals surface area (Å²) in [6.07, 6.45) is 1.63. The number of aromatic nitrogens is 1. The lowest BCUT2D eigenvalue weighted by molar-refractivity contribution is -0.121. The van der Waals surface area contributed by atoms with E-state index in [0.29, 0.717) is 17.3 Å². The molecule has 4 nitrogen and oxygen atoms in total. The maximum atomic E-state index is 12.1. The van der Waals surface area contributed by atoms with Gasteiger partial charge in [0.15, 0.2) is 6.61 Å². The Morgan fingerprint density at radius 2 is 2.20 bits per heavy atom. The number of rotatable bonds is 2. The van der Waals surface area contributed by atoms with E-state index < -0.39 is 0 Å². The van der Waals surface area contributed by atoms with Crippen LogP contribution in [0.5, 0.6) is 5.75 Å². The van der Waals surface area contributed by atoms with Crippen molar-refractivity contribution in [1.29, 1.82) is 0 Å². The average Bonchev–Trinajstić information content (AvgIpc) is 2.42. The molecule has 3 rings (SSSR count). The summed E-state index contributed by atoms with van der Waals surface area (Å²) in [5, 5.41) is 0.602. The van der Waals surface area contributed by atoms with E-state index in [9.17, 15) is 4.79 Å². The predicted molar refractivity (Wildman–Crippen MR) is 80.1 cm³/mol. The monoisotopic (exact) mass is 352 g/mol. The Kier molecular flexibility index (Phi) is 3.63. The molecule has 2 heterocycles. The molecule has 1 aliphatic rings. The molecule has 1 aromatic carbocycles. The van der Waals surface area contributed by atoms with E-state index in [1.165, 1.54) is 0 Å². The zero-order valence-corrected chi connectivity index (χ0v) is 12.7. The second-order valence-corrected chi connectivity index (χ2v) is 5.70. The lowest BCUT2D eigenvalue weighted by Crippen LogP contribution is -2.38.